The fourth-order valence-electron chi connectivity index (χ4n) is 1.97. The smallest absolute Gasteiger partial charge is 0.319 e. The van der Waals surface area contributed by atoms with Crippen LogP contribution < -0.4 is 27.2 Å². The van der Waals surface area contributed by atoms with Crippen molar-refractivity contribution in [2.45, 2.75) is 6.92 Å². The van der Waals surface area contributed by atoms with E-state index in [1.165, 1.54) is 12.4 Å². The first kappa shape index (κ1) is 17.7. The molecule has 0 saturated heterocycles. The molecular formula is C15H16N6O4. The minimum Gasteiger partial charge on any atom is -0.368 e. The van der Waals surface area contributed by atoms with Gasteiger partial charge in [0.25, 0.3) is 11.5 Å². The lowest BCUT2D eigenvalue weighted by Gasteiger charge is -2.09. The van der Waals surface area contributed by atoms with Crippen LogP contribution in [0.4, 0.5) is 16.2 Å². The third-order valence-corrected chi connectivity index (χ3v) is 3.07. The highest BCUT2D eigenvalue weighted by Crippen LogP contribution is 2.16. The fourth-order valence-corrected chi connectivity index (χ4v) is 1.97. The lowest BCUT2D eigenvalue weighted by atomic mass is 10.2. The third kappa shape index (κ3) is 4.89. The Morgan fingerprint density at radius 1 is 1.20 bits per heavy atom. The van der Waals surface area contributed by atoms with E-state index in [1.54, 1.807) is 25.1 Å². The summed E-state index contributed by atoms with van der Waals surface area (Å²) in [5.74, 6) is -1.30. The molecule has 1 heterocycles. The van der Waals surface area contributed by atoms with Crippen LogP contribution in [0.25, 0.3) is 0 Å². The Balaban J connectivity index is 2.09. The van der Waals surface area contributed by atoms with Gasteiger partial charge in [0.1, 0.15) is 5.56 Å². The van der Waals surface area contributed by atoms with Crippen molar-refractivity contribution >= 4 is 29.2 Å². The molecule has 0 aliphatic carbocycles. The standard InChI is InChI=1S/C15H16N6O4/c1-8-12(13(23)19-7-18-8)14(24)20-9-3-2-4-10(5-9)21-15(25)17-6-11(16)22/h2-5,7H,6H2,1H3,(H2,16,22)(H,20,24)(H2,17,21,25)(H,18,19,23). The summed E-state index contributed by atoms with van der Waals surface area (Å²) in [7, 11) is 0. The van der Waals surface area contributed by atoms with Crippen molar-refractivity contribution in [1.82, 2.24) is 15.3 Å². The predicted octanol–water partition coefficient (Wildman–Crippen LogP) is -0.0626. The van der Waals surface area contributed by atoms with Crippen molar-refractivity contribution in [1.29, 1.82) is 0 Å². The molecule has 2 aromatic rings. The number of aromatic nitrogens is 2. The maximum atomic E-state index is 12.2. The number of carbonyl (C=O) groups is 3. The molecule has 0 saturated carbocycles. The number of hydrogen-bond donors (Lipinski definition) is 5. The second-order valence-corrected chi connectivity index (χ2v) is 5.00. The molecule has 4 amide bonds. The largest absolute Gasteiger partial charge is 0.368 e. The van der Waals surface area contributed by atoms with Gasteiger partial charge in [-0.15, -0.1) is 0 Å². The number of H-pyrrole nitrogens is 1. The maximum absolute atomic E-state index is 12.2. The van der Waals surface area contributed by atoms with Gasteiger partial charge < -0.3 is 26.7 Å². The molecule has 0 aliphatic heterocycles. The number of hydrogen-bond acceptors (Lipinski definition) is 5. The molecule has 1 aromatic carbocycles. The van der Waals surface area contributed by atoms with Gasteiger partial charge in [-0.05, 0) is 25.1 Å². The molecule has 0 unspecified atom stereocenters. The highest BCUT2D eigenvalue weighted by Gasteiger charge is 2.15. The van der Waals surface area contributed by atoms with Crippen molar-refractivity contribution in [2.75, 3.05) is 17.2 Å². The van der Waals surface area contributed by atoms with Gasteiger partial charge in [-0.3, -0.25) is 14.4 Å². The van der Waals surface area contributed by atoms with E-state index in [1.807, 2.05) is 0 Å². The molecule has 130 valence electrons. The second-order valence-electron chi connectivity index (χ2n) is 5.00. The first-order valence-corrected chi connectivity index (χ1v) is 7.15. The van der Waals surface area contributed by atoms with Crippen molar-refractivity contribution in [3.63, 3.8) is 0 Å². The first-order valence-electron chi connectivity index (χ1n) is 7.15. The van der Waals surface area contributed by atoms with E-state index >= 15 is 0 Å². The molecule has 0 fully saturated rings. The highest BCUT2D eigenvalue weighted by molar-refractivity contribution is 6.05. The van der Waals surface area contributed by atoms with E-state index in [9.17, 15) is 19.2 Å². The highest BCUT2D eigenvalue weighted by atomic mass is 16.2. The summed E-state index contributed by atoms with van der Waals surface area (Å²) in [6.45, 7) is 1.25. The number of carbonyl (C=O) groups excluding carboxylic acids is 3. The van der Waals surface area contributed by atoms with Gasteiger partial charge in [-0.25, -0.2) is 9.78 Å². The zero-order valence-corrected chi connectivity index (χ0v) is 13.3. The number of nitrogens with one attached hydrogen (secondary N) is 4. The van der Waals surface area contributed by atoms with Crippen molar-refractivity contribution in [2.24, 2.45) is 5.73 Å². The normalized spacial score (nSPS) is 9.96. The van der Waals surface area contributed by atoms with E-state index in [0.717, 1.165) is 0 Å². The quantitative estimate of drug-likeness (QED) is 0.513. The molecule has 0 spiro atoms. The van der Waals surface area contributed by atoms with Gasteiger partial charge in [0.2, 0.25) is 5.91 Å². The van der Waals surface area contributed by atoms with Crippen molar-refractivity contribution in [3.8, 4) is 0 Å². The Morgan fingerprint density at radius 3 is 2.52 bits per heavy atom. The van der Waals surface area contributed by atoms with E-state index in [4.69, 9.17) is 5.73 Å². The van der Waals surface area contributed by atoms with Gasteiger partial charge in [0.15, 0.2) is 0 Å². The molecular weight excluding hydrogens is 328 g/mol. The molecule has 0 aliphatic rings. The van der Waals surface area contributed by atoms with Crippen LogP contribution in [0.5, 0.6) is 0 Å². The number of amides is 4. The summed E-state index contributed by atoms with van der Waals surface area (Å²) in [5.41, 5.74) is 5.31. The van der Waals surface area contributed by atoms with E-state index < -0.39 is 23.4 Å². The second kappa shape index (κ2) is 7.73. The van der Waals surface area contributed by atoms with Gasteiger partial charge in [-0.1, -0.05) is 6.07 Å². The van der Waals surface area contributed by atoms with Crippen LogP contribution in [0, 0.1) is 6.92 Å². The first-order chi connectivity index (χ1) is 11.9. The van der Waals surface area contributed by atoms with Crippen LogP contribution in [0.2, 0.25) is 0 Å². The SMILES string of the molecule is Cc1nc[nH]c(=O)c1C(=O)Nc1cccc(NC(=O)NCC(N)=O)c1. The Morgan fingerprint density at radius 2 is 1.88 bits per heavy atom. The lowest BCUT2D eigenvalue weighted by Crippen LogP contribution is -2.36. The lowest BCUT2D eigenvalue weighted by molar-refractivity contribution is -0.117. The monoisotopic (exact) mass is 344 g/mol. The summed E-state index contributed by atoms with van der Waals surface area (Å²) in [6, 6.07) is 5.63. The summed E-state index contributed by atoms with van der Waals surface area (Å²) < 4.78 is 0. The molecule has 2 rings (SSSR count). The number of aryl methyl sites for hydroxylation is 1. The van der Waals surface area contributed by atoms with Crippen LogP contribution >= 0.6 is 0 Å². The van der Waals surface area contributed by atoms with Crippen LogP contribution in [-0.4, -0.2) is 34.4 Å². The van der Waals surface area contributed by atoms with Crippen LogP contribution in [0.3, 0.4) is 0 Å². The Hall–Kier alpha value is -3.69. The molecule has 0 radical (unpaired) electrons. The molecule has 6 N–H and O–H groups in total. The minimum absolute atomic E-state index is 0.0972. The number of nitrogens with two attached hydrogens (primary N) is 1. The fraction of sp³-hybridized carbons (Fsp3) is 0.133. The predicted molar refractivity (Wildman–Crippen MR) is 90.2 cm³/mol. The number of urea groups is 1. The molecule has 0 atom stereocenters. The average Bonchev–Trinajstić information content (AvgIpc) is 2.53. The number of anilines is 2. The molecule has 0 bridgehead atoms. The number of aromatic amines is 1. The Kier molecular flexibility index (Phi) is 5.46. The molecule has 1 aromatic heterocycles. The summed E-state index contributed by atoms with van der Waals surface area (Å²) in [6.07, 6.45) is 1.21. The summed E-state index contributed by atoms with van der Waals surface area (Å²) in [4.78, 5) is 52.4. The minimum atomic E-state index is -0.673. The Bertz CT molecular complexity index is 876. The van der Waals surface area contributed by atoms with E-state index in [-0.39, 0.29) is 12.1 Å². The third-order valence-electron chi connectivity index (χ3n) is 3.07. The number of primary amides is 1. The summed E-state index contributed by atoms with van der Waals surface area (Å²) >= 11 is 0. The van der Waals surface area contributed by atoms with E-state index in [2.05, 4.69) is 25.9 Å². The number of benzene rings is 1. The number of rotatable bonds is 5. The van der Waals surface area contributed by atoms with E-state index in [0.29, 0.717) is 17.1 Å². The average molecular weight is 344 g/mol. The van der Waals surface area contributed by atoms with Gasteiger partial charge >= 0.3 is 6.03 Å². The zero-order valence-electron chi connectivity index (χ0n) is 13.3. The number of nitrogens with zero attached hydrogens (tertiary/aromatic N) is 1. The molecule has 25 heavy (non-hydrogen) atoms. The topological polar surface area (TPSA) is 159 Å². The van der Waals surface area contributed by atoms with Crippen LogP contribution in [0.15, 0.2) is 35.4 Å². The van der Waals surface area contributed by atoms with Gasteiger partial charge in [0.05, 0.1) is 18.6 Å². The Labute approximate surface area is 141 Å². The van der Waals surface area contributed by atoms with Crippen LogP contribution in [-0.2, 0) is 4.79 Å². The summed E-state index contributed by atoms with van der Waals surface area (Å²) in [5, 5.41) is 7.31. The van der Waals surface area contributed by atoms with Crippen molar-refractivity contribution < 1.29 is 14.4 Å². The van der Waals surface area contributed by atoms with Gasteiger partial charge in [-0.2, -0.15) is 0 Å². The maximum Gasteiger partial charge on any atom is 0.319 e. The zero-order chi connectivity index (χ0) is 18.4. The molecule has 10 nitrogen and oxygen atoms in total. The van der Waals surface area contributed by atoms with Crippen molar-refractivity contribution in [3.05, 3.63) is 52.2 Å². The molecule has 10 heteroatoms. The van der Waals surface area contributed by atoms with Crippen LogP contribution in [0.1, 0.15) is 16.1 Å². The van der Waals surface area contributed by atoms with Gasteiger partial charge in [0, 0.05) is 11.4 Å².